The highest BCUT2D eigenvalue weighted by Gasteiger charge is 2.47. The van der Waals surface area contributed by atoms with Crippen molar-refractivity contribution >= 4 is 11.7 Å². The van der Waals surface area contributed by atoms with Gasteiger partial charge in [0, 0.05) is 37.3 Å². The number of hydrogen-bond acceptors (Lipinski definition) is 2. The molecule has 0 bridgehead atoms. The molecule has 0 aromatic heterocycles. The Morgan fingerprint density at radius 2 is 1.70 bits per heavy atom. The van der Waals surface area contributed by atoms with E-state index in [1.807, 2.05) is 17.0 Å². The molecule has 4 nitrogen and oxygen atoms in total. The van der Waals surface area contributed by atoms with Gasteiger partial charge in [0.1, 0.15) is 0 Å². The third-order valence-corrected chi connectivity index (χ3v) is 6.54. The van der Waals surface area contributed by atoms with Crippen LogP contribution >= 0.6 is 0 Å². The SMILES string of the molecule is Cc1ccccc1[C@@H]1[C@@H]2CN(C(=O)Nc3cccc(C)c3C)C[C@@H]2CN1C. The molecule has 2 aromatic carbocycles. The second kappa shape index (κ2) is 7.01. The lowest BCUT2D eigenvalue weighted by atomic mass is 9.88. The molecule has 1 N–H and O–H groups in total. The molecule has 3 atom stereocenters. The molecule has 2 heterocycles. The molecule has 0 saturated carbocycles. The maximum absolute atomic E-state index is 12.9. The van der Waals surface area contributed by atoms with Crippen molar-refractivity contribution in [2.75, 3.05) is 32.0 Å². The van der Waals surface area contributed by atoms with Crippen LogP contribution in [0.15, 0.2) is 42.5 Å². The molecule has 2 fully saturated rings. The summed E-state index contributed by atoms with van der Waals surface area (Å²) in [7, 11) is 2.22. The van der Waals surface area contributed by atoms with Gasteiger partial charge in [-0.25, -0.2) is 4.79 Å². The third-order valence-electron chi connectivity index (χ3n) is 6.54. The van der Waals surface area contributed by atoms with Gasteiger partial charge in [-0.2, -0.15) is 0 Å². The number of aryl methyl sites for hydroxylation is 2. The summed E-state index contributed by atoms with van der Waals surface area (Å²) in [4.78, 5) is 17.4. The summed E-state index contributed by atoms with van der Waals surface area (Å²) in [6.45, 7) is 9.05. The van der Waals surface area contributed by atoms with E-state index in [0.29, 0.717) is 17.9 Å². The van der Waals surface area contributed by atoms with Crippen molar-refractivity contribution in [1.82, 2.24) is 9.80 Å². The van der Waals surface area contributed by atoms with Crippen molar-refractivity contribution in [3.8, 4) is 0 Å². The van der Waals surface area contributed by atoms with E-state index in [2.05, 4.69) is 68.4 Å². The Morgan fingerprint density at radius 3 is 2.48 bits per heavy atom. The first kappa shape index (κ1) is 18.1. The van der Waals surface area contributed by atoms with Crippen molar-refractivity contribution in [3.63, 3.8) is 0 Å². The number of amides is 2. The summed E-state index contributed by atoms with van der Waals surface area (Å²) >= 11 is 0. The number of nitrogens with zero attached hydrogens (tertiary/aromatic N) is 2. The zero-order valence-corrected chi connectivity index (χ0v) is 16.7. The Labute approximate surface area is 162 Å². The molecule has 4 heteroatoms. The number of urea groups is 1. The molecule has 2 aliphatic rings. The molecule has 0 unspecified atom stereocenters. The fraction of sp³-hybridized carbons (Fsp3) is 0.435. The van der Waals surface area contributed by atoms with Gasteiger partial charge in [-0.1, -0.05) is 36.4 Å². The summed E-state index contributed by atoms with van der Waals surface area (Å²) in [6.07, 6.45) is 0. The molecule has 0 radical (unpaired) electrons. The van der Waals surface area contributed by atoms with Gasteiger partial charge in [0.15, 0.2) is 0 Å². The van der Waals surface area contributed by atoms with Crippen molar-refractivity contribution < 1.29 is 4.79 Å². The monoisotopic (exact) mass is 363 g/mol. The normalized spacial score (nSPS) is 24.9. The summed E-state index contributed by atoms with van der Waals surface area (Å²) in [5.41, 5.74) is 6.01. The van der Waals surface area contributed by atoms with Gasteiger partial charge in [-0.3, -0.25) is 4.90 Å². The Balaban J connectivity index is 1.50. The lowest BCUT2D eigenvalue weighted by Crippen LogP contribution is -2.36. The molecule has 0 spiro atoms. The average molecular weight is 364 g/mol. The number of nitrogens with one attached hydrogen (secondary N) is 1. The zero-order chi connectivity index (χ0) is 19.1. The van der Waals surface area contributed by atoms with Crippen molar-refractivity contribution in [2.24, 2.45) is 11.8 Å². The lowest BCUT2D eigenvalue weighted by Gasteiger charge is -2.28. The fourth-order valence-electron chi connectivity index (χ4n) is 4.89. The van der Waals surface area contributed by atoms with Crippen LogP contribution in [0.2, 0.25) is 0 Å². The molecular weight excluding hydrogens is 334 g/mol. The minimum Gasteiger partial charge on any atom is -0.324 e. The van der Waals surface area contributed by atoms with Crippen LogP contribution in [0, 0.1) is 32.6 Å². The van der Waals surface area contributed by atoms with E-state index in [9.17, 15) is 4.79 Å². The van der Waals surface area contributed by atoms with Gasteiger partial charge in [0.05, 0.1) is 0 Å². The van der Waals surface area contributed by atoms with Crippen LogP contribution in [-0.2, 0) is 0 Å². The number of rotatable bonds is 2. The van der Waals surface area contributed by atoms with Crippen LogP contribution in [0.25, 0.3) is 0 Å². The third kappa shape index (κ3) is 3.23. The number of anilines is 1. The molecule has 2 aromatic rings. The first-order chi connectivity index (χ1) is 13.0. The Bertz CT molecular complexity index is 862. The van der Waals surface area contributed by atoms with E-state index >= 15 is 0 Å². The van der Waals surface area contributed by atoms with E-state index in [1.54, 1.807) is 0 Å². The molecule has 27 heavy (non-hydrogen) atoms. The van der Waals surface area contributed by atoms with E-state index < -0.39 is 0 Å². The van der Waals surface area contributed by atoms with E-state index in [-0.39, 0.29) is 6.03 Å². The van der Waals surface area contributed by atoms with Crippen molar-refractivity contribution in [2.45, 2.75) is 26.8 Å². The lowest BCUT2D eigenvalue weighted by molar-refractivity contribution is 0.205. The average Bonchev–Trinajstić information content (AvgIpc) is 3.16. The van der Waals surface area contributed by atoms with Crippen molar-refractivity contribution in [3.05, 3.63) is 64.7 Å². The molecular formula is C23H29N3O. The number of hydrogen-bond donors (Lipinski definition) is 1. The Morgan fingerprint density at radius 1 is 0.963 bits per heavy atom. The topological polar surface area (TPSA) is 35.6 Å². The van der Waals surface area contributed by atoms with Gasteiger partial charge in [-0.15, -0.1) is 0 Å². The molecule has 2 amide bonds. The maximum atomic E-state index is 12.9. The van der Waals surface area contributed by atoms with Crippen LogP contribution in [0.4, 0.5) is 10.5 Å². The second-order valence-corrected chi connectivity index (χ2v) is 8.25. The zero-order valence-electron chi connectivity index (χ0n) is 16.7. The summed E-state index contributed by atoms with van der Waals surface area (Å²) in [5.74, 6) is 1.05. The summed E-state index contributed by atoms with van der Waals surface area (Å²) < 4.78 is 0. The minimum atomic E-state index is 0.0317. The predicted octanol–water partition coefficient (Wildman–Crippen LogP) is 4.38. The largest absolute Gasteiger partial charge is 0.324 e. The maximum Gasteiger partial charge on any atom is 0.321 e. The molecule has 2 aliphatic heterocycles. The van der Waals surface area contributed by atoms with Crippen LogP contribution in [0.5, 0.6) is 0 Å². The van der Waals surface area contributed by atoms with Crippen LogP contribution < -0.4 is 5.32 Å². The Hall–Kier alpha value is -2.33. The standard InChI is InChI=1S/C23H29N3O/c1-15-9-7-11-21(17(15)3)24-23(27)26-13-18-12-25(4)22(20(18)14-26)19-10-6-5-8-16(19)2/h5-11,18,20,22H,12-14H2,1-4H3,(H,24,27)/t18-,20+,22+/m0/s1. The number of carbonyl (C=O) groups is 1. The molecule has 4 rings (SSSR count). The van der Waals surface area contributed by atoms with Crippen LogP contribution in [0.1, 0.15) is 28.3 Å². The highest BCUT2D eigenvalue weighted by molar-refractivity contribution is 5.90. The highest BCUT2D eigenvalue weighted by Crippen LogP contribution is 2.44. The Kier molecular flexibility index (Phi) is 4.68. The number of benzene rings is 2. The van der Waals surface area contributed by atoms with E-state index in [4.69, 9.17) is 0 Å². The van der Waals surface area contributed by atoms with Crippen LogP contribution in [-0.4, -0.2) is 42.5 Å². The number of fused-ring (bicyclic) bond motifs is 1. The first-order valence-electron chi connectivity index (χ1n) is 9.83. The highest BCUT2D eigenvalue weighted by atomic mass is 16.2. The van der Waals surface area contributed by atoms with Gasteiger partial charge < -0.3 is 10.2 Å². The van der Waals surface area contributed by atoms with Crippen molar-refractivity contribution in [1.29, 1.82) is 0 Å². The number of likely N-dealkylation sites (tertiary alicyclic amines) is 2. The molecule has 142 valence electrons. The van der Waals surface area contributed by atoms with Gasteiger partial charge >= 0.3 is 6.03 Å². The quantitative estimate of drug-likeness (QED) is 0.859. The minimum absolute atomic E-state index is 0.0317. The number of carbonyl (C=O) groups excluding carboxylic acids is 1. The smallest absolute Gasteiger partial charge is 0.321 e. The van der Waals surface area contributed by atoms with Gasteiger partial charge in [-0.05, 0) is 62.1 Å². The molecule has 0 aliphatic carbocycles. The molecule has 2 saturated heterocycles. The first-order valence-corrected chi connectivity index (χ1v) is 9.83. The van der Waals surface area contributed by atoms with Crippen LogP contribution in [0.3, 0.4) is 0 Å². The fourth-order valence-corrected chi connectivity index (χ4v) is 4.89. The second-order valence-electron chi connectivity index (χ2n) is 8.25. The summed E-state index contributed by atoms with van der Waals surface area (Å²) in [5, 5.41) is 3.13. The predicted molar refractivity (Wildman–Crippen MR) is 110 cm³/mol. The van der Waals surface area contributed by atoms with E-state index in [0.717, 1.165) is 30.9 Å². The van der Waals surface area contributed by atoms with Gasteiger partial charge in [0.2, 0.25) is 0 Å². The van der Waals surface area contributed by atoms with Gasteiger partial charge in [0.25, 0.3) is 0 Å². The van der Waals surface area contributed by atoms with E-state index in [1.165, 1.54) is 16.7 Å². The summed E-state index contributed by atoms with van der Waals surface area (Å²) in [6, 6.07) is 15.2.